The van der Waals surface area contributed by atoms with Gasteiger partial charge < -0.3 is 18.7 Å². The number of methoxy groups -OCH3 is 1. The molecule has 0 radical (unpaired) electrons. The van der Waals surface area contributed by atoms with E-state index in [1.165, 1.54) is 6.08 Å². The molecule has 0 N–H and O–H groups in total. The Morgan fingerprint density at radius 1 is 1.20 bits per heavy atom. The quantitative estimate of drug-likeness (QED) is 0.316. The van der Waals surface area contributed by atoms with Crippen LogP contribution in [-0.4, -0.2) is 29.8 Å². The Kier molecular flexibility index (Phi) is 6.79. The van der Waals surface area contributed by atoms with E-state index in [9.17, 15) is 10.1 Å². The lowest BCUT2D eigenvalue weighted by Gasteiger charge is -2.03. The lowest BCUT2D eigenvalue weighted by Crippen LogP contribution is -2.07. The fourth-order valence-corrected chi connectivity index (χ4v) is 2.59. The van der Waals surface area contributed by atoms with Crippen LogP contribution in [-0.2, 0) is 16.1 Å². The molecule has 0 amide bonds. The number of carbonyl (C=O) groups excluding carboxylic acids is 1. The molecular weight excluding hydrogens is 386 g/mol. The molecule has 0 spiro atoms. The Hall–Kier alpha value is -4.12. The molecule has 152 valence electrons. The van der Waals surface area contributed by atoms with Gasteiger partial charge in [-0.05, 0) is 42.8 Å². The normalized spacial score (nSPS) is 10.9. The summed E-state index contributed by atoms with van der Waals surface area (Å²) in [6.07, 6.45) is 1.44. The standard InChI is InChI=1S/C22H19N3O5/c1-3-28-17-10-8-15(9-11-17)12-16(13-23)22(26)29-14-20-24-21(25-30-20)18-6-4-5-7-19(18)27-2/h4-12H,3,14H2,1-2H3/b16-12+. The molecule has 0 aliphatic carbocycles. The molecule has 30 heavy (non-hydrogen) atoms. The van der Waals surface area contributed by atoms with Crippen molar-refractivity contribution >= 4 is 12.0 Å². The minimum absolute atomic E-state index is 0.0996. The van der Waals surface area contributed by atoms with Gasteiger partial charge in [-0.2, -0.15) is 10.2 Å². The van der Waals surface area contributed by atoms with Crippen LogP contribution in [0.2, 0.25) is 0 Å². The number of aromatic nitrogens is 2. The first-order chi connectivity index (χ1) is 14.6. The molecule has 1 heterocycles. The van der Waals surface area contributed by atoms with E-state index < -0.39 is 5.97 Å². The topological polar surface area (TPSA) is 107 Å². The molecule has 8 heteroatoms. The second-order valence-corrected chi connectivity index (χ2v) is 5.96. The third kappa shape index (κ3) is 5.02. The van der Waals surface area contributed by atoms with Gasteiger partial charge in [0.15, 0.2) is 6.61 Å². The second-order valence-electron chi connectivity index (χ2n) is 5.96. The van der Waals surface area contributed by atoms with Crippen LogP contribution in [0, 0.1) is 11.3 Å². The number of carbonyl (C=O) groups is 1. The van der Waals surface area contributed by atoms with Crippen LogP contribution in [0.15, 0.2) is 58.6 Å². The van der Waals surface area contributed by atoms with Crippen molar-refractivity contribution < 1.29 is 23.5 Å². The van der Waals surface area contributed by atoms with Gasteiger partial charge in [-0.25, -0.2) is 4.79 Å². The lowest BCUT2D eigenvalue weighted by atomic mass is 10.1. The van der Waals surface area contributed by atoms with Crippen molar-refractivity contribution in [1.82, 2.24) is 10.1 Å². The third-order valence-electron chi connectivity index (χ3n) is 3.99. The van der Waals surface area contributed by atoms with Crippen molar-refractivity contribution in [3.8, 4) is 29.0 Å². The molecule has 0 unspecified atom stereocenters. The Morgan fingerprint density at radius 3 is 2.67 bits per heavy atom. The first-order valence-corrected chi connectivity index (χ1v) is 9.12. The maximum atomic E-state index is 12.3. The third-order valence-corrected chi connectivity index (χ3v) is 3.99. The maximum Gasteiger partial charge on any atom is 0.349 e. The number of hydrogen-bond donors (Lipinski definition) is 0. The highest BCUT2D eigenvalue weighted by atomic mass is 16.6. The molecule has 3 aromatic rings. The number of hydrogen-bond acceptors (Lipinski definition) is 8. The molecule has 1 aromatic heterocycles. The molecule has 0 saturated heterocycles. The predicted molar refractivity (Wildman–Crippen MR) is 107 cm³/mol. The Labute approximate surface area is 173 Å². The van der Waals surface area contributed by atoms with Crippen LogP contribution in [0.3, 0.4) is 0 Å². The van der Waals surface area contributed by atoms with Gasteiger partial charge in [0.05, 0.1) is 19.3 Å². The minimum Gasteiger partial charge on any atom is -0.496 e. The van der Waals surface area contributed by atoms with E-state index in [0.29, 0.717) is 35.1 Å². The highest BCUT2D eigenvalue weighted by molar-refractivity contribution is 5.97. The molecular formula is C22H19N3O5. The van der Waals surface area contributed by atoms with Crippen LogP contribution in [0.1, 0.15) is 18.4 Å². The number of para-hydroxylation sites is 1. The highest BCUT2D eigenvalue weighted by Gasteiger charge is 2.16. The molecule has 8 nitrogen and oxygen atoms in total. The summed E-state index contributed by atoms with van der Waals surface area (Å²) < 4.78 is 20.9. The average Bonchev–Trinajstić information content (AvgIpc) is 3.26. The van der Waals surface area contributed by atoms with Gasteiger partial charge in [0.1, 0.15) is 23.1 Å². The van der Waals surface area contributed by atoms with Gasteiger partial charge in [0.25, 0.3) is 5.89 Å². The van der Waals surface area contributed by atoms with Crippen LogP contribution in [0.4, 0.5) is 0 Å². The van der Waals surface area contributed by atoms with E-state index in [1.54, 1.807) is 43.5 Å². The highest BCUT2D eigenvalue weighted by Crippen LogP contribution is 2.27. The average molecular weight is 405 g/mol. The second kappa shape index (κ2) is 9.89. The summed E-state index contributed by atoms with van der Waals surface area (Å²) in [4.78, 5) is 16.5. The van der Waals surface area contributed by atoms with E-state index in [0.717, 1.165) is 0 Å². The Balaban J connectivity index is 1.66. The molecule has 3 rings (SSSR count). The van der Waals surface area contributed by atoms with Crippen molar-refractivity contribution in [1.29, 1.82) is 5.26 Å². The van der Waals surface area contributed by atoms with Crippen molar-refractivity contribution in [2.75, 3.05) is 13.7 Å². The molecule has 0 aliphatic rings. The first-order valence-electron chi connectivity index (χ1n) is 9.12. The number of nitriles is 1. The van der Waals surface area contributed by atoms with Crippen LogP contribution in [0.5, 0.6) is 11.5 Å². The lowest BCUT2D eigenvalue weighted by molar-refractivity contribution is -0.140. The van der Waals surface area contributed by atoms with E-state index in [4.69, 9.17) is 18.7 Å². The predicted octanol–water partition coefficient (Wildman–Crippen LogP) is 3.79. The Morgan fingerprint density at radius 2 is 1.97 bits per heavy atom. The summed E-state index contributed by atoms with van der Waals surface area (Å²) in [5.74, 6) is 0.917. The van der Waals surface area contributed by atoms with E-state index in [2.05, 4.69) is 10.1 Å². The largest absolute Gasteiger partial charge is 0.496 e. The number of esters is 1. The smallest absolute Gasteiger partial charge is 0.349 e. The molecule has 0 atom stereocenters. The van der Waals surface area contributed by atoms with Crippen molar-refractivity contribution in [3.63, 3.8) is 0 Å². The van der Waals surface area contributed by atoms with Gasteiger partial charge >= 0.3 is 5.97 Å². The molecule has 0 aliphatic heterocycles. The van der Waals surface area contributed by atoms with Crippen LogP contribution < -0.4 is 9.47 Å². The monoisotopic (exact) mass is 405 g/mol. The van der Waals surface area contributed by atoms with Gasteiger partial charge in [0, 0.05) is 0 Å². The van der Waals surface area contributed by atoms with Crippen molar-refractivity contribution in [2.24, 2.45) is 0 Å². The SMILES string of the molecule is CCOc1ccc(/C=C(\C#N)C(=O)OCc2nc(-c3ccccc3OC)no2)cc1. The summed E-state index contributed by atoms with van der Waals surface area (Å²) in [5.41, 5.74) is 1.17. The zero-order chi connectivity index (χ0) is 21.3. The zero-order valence-corrected chi connectivity index (χ0v) is 16.5. The molecule has 0 fully saturated rings. The summed E-state index contributed by atoms with van der Waals surface area (Å²) in [5, 5.41) is 13.2. The maximum absolute atomic E-state index is 12.3. The number of rotatable bonds is 8. The van der Waals surface area contributed by atoms with Crippen LogP contribution >= 0.6 is 0 Å². The Bertz CT molecular complexity index is 1080. The number of nitrogens with zero attached hydrogens (tertiary/aromatic N) is 3. The van der Waals surface area contributed by atoms with E-state index in [1.807, 2.05) is 25.1 Å². The fourth-order valence-electron chi connectivity index (χ4n) is 2.59. The zero-order valence-electron chi connectivity index (χ0n) is 16.5. The molecule has 0 bridgehead atoms. The fraction of sp³-hybridized carbons (Fsp3) is 0.182. The number of benzene rings is 2. The minimum atomic E-state index is -0.788. The van der Waals surface area contributed by atoms with Gasteiger partial charge in [-0.3, -0.25) is 0 Å². The van der Waals surface area contributed by atoms with Gasteiger partial charge in [-0.1, -0.05) is 29.4 Å². The van der Waals surface area contributed by atoms with Gasteiger partial charge in [-0.15, -0.1) is 0 Å². The van der Waals surface area contributed by atoms with Gasteiger partial charge in [0.2, 0.25) is 5.82 Å². The number of ether oxygens (including phenoxy) is 3. The summed E-state index contributed by atoms with van der Waals surface area (Å²) in [6.45, 7) is 2.18. The molecule has 0 saturated carbocycles. The first kappa shape index (κ1) is 20.6. The molecule has 2 aromatic carbocycles. The van der Waals surface area contributed by atoms with E-state index in [-0.39, 0.29) is 18.1 Å². The summed E-state index contributed by atoms with van der Waals surface area (Å²) in [6, 6.07) is 16.0. The van der Waals surface area contributed by atoms with Crippen molar-refractivity contribution in [3.05, 3.63) is 65.6 Å². The summed E-state index contributed by atoms with van der Waals surface area (Å²) >= 11 is 0. The van der Waals surface area contributed by atoms with Crippen LogP contribution in [0.25, 0.3) is 17.5 Å². The van der Waals surface area contributed by atoms with Crippen molar-refractivity contribution in [2.45, 2.75) is 13.5 Å². The van der Waals surface area contributed by atoms with E-state index >= 15 is 0 Å². The summed E-state index contributed by atoms with van der Waals surface area (Å²) in [7, 11) is 1.54.